The van der Waals surface area contributed by atoms with Crippen LogP contribution in [0.1, 0.15) is 23.4 Å². The van der Waals surface area contributed by atoms with E-state index in [1.807, 2.05) is 0 Å². The van der Waals surface area contributed by atoms with E-state index in [1.54, 1.807) is 0 Å². The van der Waals surface area contributed by atoms with Crippen LogP contribution in [0.25, 0.3) is 0 Å². The van der Waals surface area contributed by atoms with Crippen LogP contribution in [0.5, 0.6) is 0 Å². The van der Waals surface area contributed by atoms with Gasteiger partial charge < -0.3 is 10.5 Å². The minimum atomic E-state index is -2.66. The average Bonchev–Trinajstić information content (AvgIpc) is 2.31. The van der Waals surface area contributed by atoms with Gasteiger partial charge in [0.2, 0.25) is 0 Å². The van der Waals surface area contributed by atoms with Gasteiger partial charge in [-0.25, -0.2) is 8.78 Å². The number of methoxy groups -OCH3 is 1. The number of halogens is 3. The topological polar surface area (TPSA) is 65.2 Å². The van der Waals surface area contributed by atoms with Gasteiger partial charge in [-0.2, -0.15) is 0 Å². The molecule has 2 N–H and O–H groups in total. The SMILES string of the molecule is COC(=O)Cc1nc(CN)cc(C(F)F)c1Br. The Balaban J connectivity index is 3.19. The highest BCUT2D eigenvalue weighted by Crippen LogP contribution is 2.30. The predicted molar refractivity (Wildman–Crippen MR) is 60.5 cm³/mol. The maximum atomic E-state index is 12.7. The predicted octanol–water partition coefficient (Wildman–Crippen LogP) is 1.96. The van der Waals surface area contributed by atoms with Crippen LogP contribution in [0, 0.1) is 0 Å². The molecule has 1 heterocycles. The van der Waals surface area contributed by atoms with Gasteiger partial charge >= 0.3 is 5.97 Å². The number of rotatable bonds is 4. The average molecular weight is 309 g/mol. The Bertz CT molecular complexity index is 427. The number of alkyl halides is 2. The summed E-state index contributed by atoms with van der Waals surface area (Å²) < 4.78 is 30.0. The van der Waals surface area contributed by atoms with Crippen LogP contribution in [-0.4, -0.2) is 18.1 Å². The van der Waals surface area contributed by atoms with Gasteiger partial charge in [-0.05, 0) is 22.0 Å². The molecule has 0 saturated heterocycles. The van der Waals surface area contributed by atoms with Crippen LogP contribution in [-0.2, 0) is 22.5 Å². The Morgan fingerprint density at radius 1 is 1.65 bits per heavy atom. The summed E-state index contributed by atoms with van der Waals surface area (Å²) in [6, 6.07) is 1.22. The number of esters is 1. The van der Waals surface area contributed by atoms with E-state index in [2.05, 4.69) is 25.7 Å². The zero-order valence-electron chi connectivity index (χ0n) is 9.04. The van der Waals surface area contributed by atoms with Crippen molar-refractivity contribution >= 4 is 21.9 Å². The third-order valence-electron chi connectivity index (χ3n) is 2.09. The number of pyridine rings is 1. The van der Waals surface area contributed by atoms with Crippen LogP contribution < -0.4 is 5.73 Å². The Kier molecular flexibility index (Phi) is 4.95. The summed E-state index contributed by atoms with van der Waals surface area (Å²) in [6.45, 7) is 0.0289. The van der Waals surface area contributed by atoms with E-state index in [1.165, 1.54) is 13.2 Å². The number of carbonyl (C=O) groups excluding carboxylic acids is 1. The van der Waals surface area contributed by atoms with Crippen molar-refractivity contribution in [2.45, 2.75) is 19.4 Å². The molecule has 94 valence electrons. The third kappa shape index (κ3) is 3.44. The van der Waals surface area contributed by atoms with Crippen molar-refractivity contribution in [1.29, 1.82) is 0 Å². The summed E-state index contributed by atoms with van der Waals surface area (Å²) in [5, 5.41) is 0. The molecule has 0 fully saturated rings. The first-order valence-corrected chi connectivity index (χ1v) is 5.52. The molecule has 0 radical (unpaired) electrons. The summed E-state index contributed by atoms with van der Waals surface area (Å²) in [5.74, 6) is -0.549. The van der Waals surface area contributed by atoms with E-state index in [4.69, 9.17) is 5.73 Å². The molecular weight excluding hydrogens is 298 g/mol. The second-order valence-electron chi connectivity index (χ2n) is 3.22. The summed E-state index contributed by atoms with van der Waals surface area (Å²) in [7, 11) is 1.22. The van der Waals surface area contributed by atoms with Gasteiger partial charge in [0.05, 0.1) is 24.9 Å². The van der Waals surface area contributed by atoms with Crippen LogP contribution in [0.15, 0.2) is 10.5 Å². The van der Waals surface area contributed by atoms with Crippen molar-refractivity contribution in [2.24, 2.45) is 5.73 Å². The van der Waals surface area contributed by atoms with E-state index in [0.29, 0.717) is 5.69 Å². The number of nitrogens with two attached hydrogens (primary N) is 1. The molecule has 0 bridgehead atoms. The number of hydrogen-bond donors (Lipinski definition) is 1. The summed E-state index contributed by atoms with van der Waals surface area (Å²) in [6.07, 6.45) is -2.83. The van der Waals surface area contributed by atoms with Crippen molar-refractivity contribution in [3.05, 3.63) is 27.5 Å². The van der Waals surface area contributed by atoms with Crippen LogP contribution in [0.2, 0.25) is 0 Å². The molecule has 0 aliphatic heterocycles. The summed E-state index contributed by atoms with van der Waals surface area (Å²) in [5.41, 5.74) is 5.65. The zero-order valence-corrected chi connectivity index (χ0v) is 10.6. The van der Waals surface area contributed by atoms with Crippen molar-refractivity contribution < 1.29 is 18.3 Å². The van der Waals surface area contributed by atoms with Gasteiger partial charge in [0.1, 0.15) is 0 Å². The van der Waals surface area contributed by atoms with Gasteiger partial charge in [0.25, 0.3) is 6.43 Å². The molecule has 0 unspecified atom stereocenters. The Morgan fingerprint density at radius 3 is 2.76 bits per heavy atom. The highest BCUT2D eigenvalue weighted by atomic mass is 79.9. The zero-order chi connectivity index (χ0) is 13.0. The first kappa shape index (κ1) is 14.0. The van der Waals surface area contributed by atoms with Crippen molar-refractivity contribution in [1.82, 2.24) is 4.98 Å². The standard InChI is InChI=1S/C10H11BrF2N2O2/c1-17-8(16)3-7-9(11)6(10(12)13)2-5(4-14)15-7/h2,10H,3-4,14H2,1H3. The largest absolute Gasteiger partial charge is 0.469 e. The van der Waals surface area contributed by atoms with Crippen molar-refractivity contribution in [2.75, 3.05) is 7.11 Å². The summed E-state index contributed by atoms with van der Waals surface area (Å²) >= 11 is 3.01. The lowest BCUT2D eigenvalue weighted by Crippen LogP contribution is -2.11. The lowest BCUT2D eigenvalue weighted by molar-refractivity contribution is -0.139. The molecular formula is C10H11BrF2N2O2. The lowest BCUT2D eigenvalue weighted by Gasteiger charge is -2.10. The highest BCUT2D eigenvalue weighted by molar-refractivity contribution is 9.10. The molecule has 4 nitrogen and oxygen atoms in total. The van der Waals surface area contributed by atoms with Gasteiger partial charge in [-0.15, -0.1) is 0 Å². The van der Waals surface area contributed by atoms with Crippen molar-refractivity contribution in [3.63, 3.8) is 0 Å². The van der Waals surface area contributed by atoms with E-state index in [9.17, 15) is 13.6 Å². The van der Waals surface area contributed by atoms with Gasteiger partial charge in [-0.3, -0.25) is 9.78 Å². The van der Waals surface area contributed by atoms with E-state index < -0.39 is 12.4 Å². The number of aromatic nitrogens is 1. The third-order valence-corrected chi connectivity index (χ3v) is 3.01. The fourth-order valence-corrected chi connectivity index (χ4v) is 1.77. The maximum absolute atomic E-state index is 12.7. The van der Waals surface area contributed by atoms with Crippen LogP contribution in [0.3, 0.4) is 0 Å². The van der Waals surface area contributed by atoms with Gasteiger partial charge in [-0.1, -0.05) is 0 Å². The molecule has 1 rings (SSSR count). The molecule has 0 atom stereocenters. The minimum Gasteiger partial charge on any atom is -0.469 e. The van der Waals surface area contributed by atoms with Crippen LogP contribution >= 0.6 is 15.9 Å². The van der Waals surface area contributed by atoms with E-state index in [0.717, 1.165) is 0 Å². The van der Waals surface area contributed by atoms with E-state index in [-0.39, 0.29) is 28.7 Å². The molecule has 0 amide bonds. The molecule has 0 aromatic carbocycles. The molecule has 0 aliphatic rings. The molecule has 7 heteroatoms. The number of hydrogen-bond acceptors (Lipinski definition) is 4. The molecule has 1 aromatic rings. The van der Waals surface area contributed by atoms with Crippen LogP contribution in [0.4, 0.5) is 8.78 Å². The Morgan fingerprint density at radius 2 is 2.29 bits per heavy atom. The molecule has 1 aromatic heterocycles. The highest BCUT2D eigenvalue weighted by Gasteiger charge is 2.19. The number of carbonyl (C=O) groups is 1. The normalized spacial score (nSPS) is 10.7. The van der Waals surface area contributed by atoms with Gasteiger partial charge in [0, 0.05) is 16.6 Å². The minimum absolute atomic E-state index is 0.0289. The molecule has 0 saturated carbocycles. The fraction of sp³-hybridized carbons (Fsp3) is 0.400. The Labute approximate surface area is 105 Å². The molecule has 0 aliphatic carbocycles. The molecule has 0 spiro atoms. The quantitative estimate of drug-likeness (QED) is 0.864. The first-order chi connectivity index (χ1) is 7.99. The maximum Gasteiger partial charge on any atom is 0.311 e. The Hall–Kier alpha value is -1.08. The number of ether oxygens (including phenoxy) is 1. The van der Waals surface area contributed by atoms with E-state index >= 15 is 0 Å². The monoisotopic (exact) mass is 308 g/mol. The fourth-order valence-electron chi connectivity index (χ4n) is 1.25. The second-order valence-corrected chi connectivity index (χ2v) is 4.01. The number of nitrogens with zero attached hydrogens (tertiary/aromatic N) is 1. The first-order valence-electron chi connectivity index (χ1n) is 4.72. The lowest BCUT2D eigenvalue weighted by atomic mass is 10.1. The van der Waals surface area contributed by atoms with Gasteiger partial charge in [0.15, 0.2) is 0 Å². The second kappa shape index (κ2) is 6.02. The molecule has 17 heavy (non-hydrogen) atoms. The van der Waals surface area contributed by atoms with Crippen molar-refractivity contribution in [3.8, 4) is 0 Å². The smallest absolute Gasteiger partial charge is 0.311 e. The summed E-state index contributed by atoms with van der Waals surface area (Å²) in [4.78, 5) is 15.1.